The van der Waals surface area contributed by atoms with Crippen molar-refractivity contribution in [2.45, 2.75) is 62.9 Å². The molecule has 0 unspecified atom stereocenters. The van der Waals surface area contributed by atoms with Crippen molar-refractivity contribution in [1.82, 2.24) is 9.71 Å². The van der Waals surface area contributed by atoms with Crippen molar-refractivity contribution in [3.8, 4) is 0 Å². The van der Waals surface area contributed by atoms with Gasteiger partial charge in [-0.1, -0.05) is 19.8 Å². The summed E-state index contributed by atoms with van der Waals surface area (Å²) in [5.74, 6) is 0.765. The molecule has 1 aromatic heterocycles. The van der Waals surface area contributed by atoms with Gasteiger partial charge < -0.3 is 5.73 Å². The first-order valence-electron chi connectivity index (χ1n) is 7.72. The van der Waals surface area contributed by atoms with E-state index < -0.39 is 10.0 Å². The maximum absolute atomic E-state index is 12.3. The summed E-state index contributed by atoms with van der Waals surface area (Å²) in [4.78, 5) is 4.27. The number of hydrogen-bond acceptors (Lipinski definition) is 4. The number of aromatic nitrogens is 1. The van der Waals surface area contributed by atoms with E-state index in [0.717, 1.165) is 31.6 Å². The van der Waals surface area contributed by atoms with Gasteiger partial charge >= 0.3 is 0 Å². The molecule has 1 aliphatic rings. The molecular weight excluding hydrogens is 286 g/mol. The van der Waals surface area contributed by atoms with Gasteiger partial charge in [-0.3, -0.25) is 4.98 Å². The summed E-state index contributed by atoms with van der Waals surface area (Å²) in [6.07, 6.45) is 7.94. The van der Waals surface area contributed by atoms with Crippen LogP contribution in [0.3, 0.4) is 0 Å². The highest BCUT2D eigenvalue weighted by Gasteiger charge is 2.25. The van der Waals surface area contributed by atoms with Crippen molar-refractivity contribution >= 4 is 10.0 Å². The fourth-order valence-corrected chi connectivity index (χ4v) is 4.20. The highest BCUT2D eigenvalue weighted by molar-refractivity contribution is 7.89. The summed E-state index contributed by atoms with van der Waals surface area (Å²) >= 11 is 0. The molecule has 1 aromatic rings. The number of nitrogens with two attached hydrogens (primary N) is 1. The molecule has 0 atom stereocenters. The third kappa shape index (κ3) is 4.49. The molecule has 118 valence electrons. The predicted molar refractivity (Wildman–Crippen MR) is 83.1 cm³/mol. The van der Waals surface area contributed by atoms with E-state index in [1.54, 1.807) is 12.1 Å². The van der Waals surface area contributed by atoms with E-state index in [-0.39, 0.29) is 10.9 Å². The van der Waals surface area contributed by atoms with Gasteiger partial charge in [-0.15, -0.1) is 0 Å². The topological polar surface area (TPSA) is 85.1 Å². The van der Waals surface area contributed by atoms with Gasteiger partial charge in [0.05, 0.1) is 5.69 Å². The Morgan fingerprint density at radius 3 is 2.52 bits per heavy atom. The minimum absolute atomic E-state index is 0.0530. The number of rotatable bonds is 6. The summed E-state index contributed by atoms with van der Waals surface area (Å²) in [6, 6.07) is 3.28. The van der Waals surface area contributed by atoms with Crippen LogP contribution in [0.5, 0.6) is 0 Å². The fourth-order valence-electron chi connectivity index (χ4n) is 2.96. The molecule has 1 fully saturated rings. The normalized spacial score (nSPS) is 23.1. The van der Waals surface area contributed by atoms with E-state index in [1.807, 2.05) is 0 Å². The van der Waals surface area contributed by atoms with Crippen LogP contribution in [-0.4, -0.2) is 19.4 Å². The standard InChI is InChI=1S/C15H25N3O2S/c1-2-3-12-4-6-13(7-5-12)18-21(19,20)15-9-8-14(10-16)17-11-15/h8-9,11-13,18H,2-7,10,16H2,1H3. The third-order valence-electron chi connectivity index (χ3n) is 4.18. The van der Waals surface area contributed by atoms with Crippen molar-refractivity contribution < 1.29 is 8.42 Å². The van der Waals surface area contributed by atoms with E-state index in [2.05, 4.69) is 16.6 Å². The quantitative estimate of drug-likeness (QED) is 0.843. The van der Waals surface area contributed by atoms with Crippen molar-refractivity contribution in [3.63, 3.8) is 0 Å². The zero-order valence-corrected chi connectivity index (χ0v) is 13.4. The summed E-state index contributed by atoms with van der Waals surface area (Å²) in [7, 11) is -3.47. The Morgan fingerprint density at radius 1 is 1.29 bits per heavy atom. The molecule has 3 N–H and O–H groups in total. The molecule has 5 nitrogen and oxygen atoms in total. The summed E-state index contributed by atoms with van der Waals surface area (Å²) in [6.45, 7) is 2.52. The number of nitrogens with zero attached hydrogens (tertiary/aromatic N) is 1. The van der Waals surface area contributed by atoms with Crippen molar-refractivity contribution in [1.29, 1.82) is 0 Å². The Hall–Kier alpha value is -0.980. The first-order valence-corrected chi connectivity index (χ1v) is 9.20. The van der Waals surface area contributed by atoms with Gasteiger partial charge in [-0.25, -0.2) is 13.1 Å². The number of nitrogens with one attached hydrogen (secondary N) is 1. The van der Waals surface area contributed by atoms with Gasteiger partial charge in [0, 0.05) is 18.8 Å². The van der Waals surface area contributed by atoms with Crippen LogP contribution in [0.15, 0.2) is 23.2 Å². The Morgan fingerprint density at radius 2 is 2.00 bits per heavy atom. The van der Waals surface area contributed by atoms with Crippen molar-refractivity contribution in [3.05, 3.63) is 24.0 Å². The molecule has 0 aromatic carbocycles. The van der Waals surface area contributed by atoms with Gasteiger partial charge in [0.1, 0.15) is 4.90 Å². The first kappa shape index (κ1) is 16.4. The number of pyridine rings is 1. The molecule has 21 heavy (non-hydrogen) atoms. The van der Waals surface area contributed by atoms with Crippen LogP contribution >= 0.6 is 0 Å². The van der Waals surface area contributed by atoms with E-state index in [1.165, 1.54) is 19.0 Å². The molecule has 1 heterocycles. The largest absolute Gasteiger partial charge is 0.325 e. The average Bonchev–Trinajstić information content (AvgIpc) is 2.49. The minimum atomic E-state index is -3.47. The smallest absolute Gasteiger partial charge is 0.242 e. The van der Waals surface area contributed by atoms with Gasteiger partial charge in [0.25, 0.3) is 0 Å². The van der Waals surface area contributed by atoms with E-state index in [4.69, 9.17) is 5.73 Å². The highest BCUT2D eigenvalue weighted by atomic mass is 32.2. The number of hydrogen-bond donors (Lipinski definition) is 2. The molecule has 2 rings (SSSR count). The lowest BCUT2D eigenvalue weighted by atomic mass is 9.84. The fraction of sp³-hybridized carbons (Fsp3) is 0.667. The summed E-state index contributed by atoms with van der Waals surface area (Å²) < 4.78 is 27.5. The zero-order valence-electron chi connectivity index (χ0n) is 12.6. The van der Waals surface area contributed by atoms with Gasteiger partial charge in [-0.2, -0.15) is 0 Å². The Balaban J connectivity index is 1.95. The maximum Gasteiger partial charge on any atom is 0.242 e. The molecule has 1 aliphatic carbocycles. The Labute approximate surface area is 127 Å². The zero-order chi connectivity index (χ0) is 15.3. The lowest BCUT2D eigenvalue weighted by Crippen LogP contribution is -2.37. The second-order valence-corrected chi connectivity index (χ2v) is 7.53. The maximum atomic E-state index is 12.3. The van der Waals surface area contributed by atoms with Gasteiger partial charge in [0.2, 0.25) is 10.0 Å². The molecule has 1 saturated carbocycles. The third-order valence-corrected chi connectivity index (χ3v) is 5.69. The highest BCUT2D eigenvalue weighted by Crippen LogP contribution is 2.28. The van der Waals surface area contributed by atoms with E-state index in [9.17, 15) is 8.42 Å². The number of sulfonamides is 1. The monoisotopic (exact) mass is 311 g/mol. The molecule has 0 saturated heterocycles. The van der Waals surface area contributed by atoms with Crippen LogP contribution in [0.4, 0.5) is 0 Å². The van der Waals surface area contributed by atoms with Crippen LogP contribution in [0.25, 0.3) is 0 Å². The predicted octanol–water partition coefficient (Wildman–Crippen LogP) is 2.18. The van der Waals surface area contributed by atoms with Crippen LogP contribution in [0.2, 0.25) is 0 Å². The molecule has 0 aliphatic heterocycles. The first-order chi connectivity index (χ1) is 10.0. The SMILES string of the molecule is CCCC1CCC(NS(=O)(=O)c2ccc(CN)nc2)CC1. The summed E-state index contributed by atoms with van der Waals surface area (Å²) in [5.41, 5.74) is 6.16. The molecule has 0 spiro atoms. The van der Waals surface area contributed by atoms with Crippen LogP contribution in [0, 0.1) is 5.92 Å². The van der Waals surface area contributed by atoms with Crippen molar-refractivity contribution in [2.75, 3.05) is 0 Å². The molecular formula is C15H25N3O2S. The Kier molecular flexibility index (Phi) is 5.72. The van der Waals surface area contributed by atoms with Gasteiger partial charge in [-0.05, 0) is 43.7 Å². The lowest BCUT2D eigenvalue weighted by molar-refractivity contribution is 0.297. The lowest BCUT2D eigenvalue weighted by Gasteiger charge is -2.28. The molecule has 0 radical (unpaired) electrons. The average molecular weight is 311 g/mol. The second-order valence-electron chi connectivity index (χ2n) is 5.82. The summed E-state index contributed by atoms with van der Waals surface area (Å²) in [5, 5.41) is 0. The van der Waals surface area contributed by atoms with Crippen LogP contribution in [-0.2, 0) is 16.6 Å². The molecule has 0 bridgehead atoms. The van der Waals surface area contributed by atoms with E-state index in [0.29, 0.717) is 12.2 Å². The van der Waals surface area contributed by atoms with E-state index >= 15 is 0 Å². The van der Waals surface area contributed by atoms with Crippen LogP contribution in [0.1, 0.15) is 51.1 Å². The van der Waals surface area contributed by atoms with Gasteiger partial charge in [0.15, 0.2) is 0 Å². The van der Waals surface area contributed by atoms with Crippen molar-refractivity contribution in [2.24, 2.45) is 11.7 Å². The molecule has 6 heteroatoms. The molecule has 0 amide bonds. The second kappa shape index (κ2) is 7.33. The Bertz CT molecular complexity index is 535. The van der Waals surface area contributed by atoms with Crippen LogP contribution < -0.4 is 10.5 Å². The minimum Gasteiger partial charge on any atom is -0.325 e.